The summed E-state index contributed by atoms with van der Waals surface area (Å²) >= 11 is 1.22. The maximum atomic E-state index is 15.0. The second-order valence-corrected chi connectivity index (χ2v) is 16.0. The second kappa shape index (κ2) is 14.1. The summed E-state index contributed by atoms with van der Waals surface area (Å²) in [4.78, 5) is 35.1. The smallest absolute Gasteiger partial charge is 0.411 e. The van der Waals surface area contributed by atoms with Crippen molar-refractivity contribution < 1.29 is 37.6 Å². The molecule has 15 heteroatoms. The molecule has 2 atom stereocenters. The van der Waals surface area contributed by atoms with E-state index in [1.54, 1.807) is 23.1 Å². The van der Waals surface area contributed by atoms with Crippen LogP contribution >= 0.6 is 11.3 Å². The predicted octanol–water partition coefficient (Wildman–Crippen LogP) is 5.97. The number of morpholine rings is 1. The van der Waals surface area contributed by atoms with Gasteiger partial charge in [-0.1, -0.05) is 23.3 Å². The van der Waals surface area contributed by atoms with E-state index < -0.39 is 11.4 Å². The van der Waals surface area contributed by atoms with Crippen LogP contribution in [0.5, 0.6) is 22.7 Å². The molecule has 4 aliphatic heterocycles. The van der Waals surface area contributed by atoms with Crippen molar-refractivity contribution in [2.45, 2.75) is 69.7 Å². The number of benzene rings is 2. The van der Waals surface area contributed by atoms with Gasteiger partial charge < -0.3 is 33.3 Å². The Morgan fingerprint density at radius 3 is 2.55 bits per heavy atom. The van der Waals surface area contributed by atoms with Gasteiger partial charge in [0.2, 0.25) is 0 Å². The van der Waals surface area contributed by atoms with Crippen molar-refractivity contribution in [3.05, 3.63) is 35.6 Å². The number of amides is 1. The zero-order chi connectivity index (χ0) is 36.9. The number of carbonyl (C=O) groups excluding carboxylic acids is 1. The molecule has 2 aromatic carbocycles. The average molecular weight is 747 g/mol. The van der Waals surface area contributed by atoms with Gasteiger partial charge in [-0.2, -0.15) is 15.0 Å². The van der Waals surface area contributed by atoms with Gasteiger partial charge in [0, 0.05) is 31.7 Å². The molecule has 0 N–H and O–H groups in total. The van der Waals surface area contributed by atoms with E-state index in [1.165, 1.54) is 24.5 Å². The highest BCUT2D eigenvalue weighted by molar-refractivity contribution is 7.19. The molecule has 6 heterocycles. The summed E-state index contributed by atoms with van der Waals surface area (Å²) in [5.74, 6) is 3.22. The molecule has 4 saturated heterocycles. The normalized spacial score (nSPS) is 21.1. The lowest BCUT2D eigenvalue weighted by Crippen LogP contribution is -2.66. The molecule has 2 aromatic heterocycles. The first-order valence-electron chi connectivity index (χ1n) is 18.0. The fraction of sp³-hybridized carbons (Fsp3) is 0.526. The van der Waals surface area contributed by atoms with Crippen LogP contribution in [0.15, 0.2) is 24.3 Å². The summed E-state index contributed by atoms with van der Waals surface area (Å²) in [6.07, 6.45) is 9.88. The molecule has 0 aliphatic carbocycles. The third-order valence-corrected chi connectivity index (χ3v) is 11.2. The molecule has 280 valence electrons. The largest absolute Gasteiger partial charge is 0.467 e. The highest BCUT2D eigenvalue weighted by Gasteiger charge is 2.46. The van der Waals surface area contributed by atoms with Crippen LogP contribution in [0.1, 0.15) is 52.0 Å². The highest BCUT2D eigenvalue weighted by atomic mass is 32.1. The van der Waals surface area contributed by atoms with E-state index in [2.05, 4.69) is 15.7 Å². The van der Waals surface area contributed by atoms with Gasteiger partial charge >= 0.3 is 12.1 Å². The zero-order valence-electron chi connectivity index (χ0n) is 30.4. The van der Waals surface area contributed by atoms with Gasteiger partial charge in [-0.15, -0.1) is 6.42 Å². The number of terminal acetylenes is 1. The lowest BCUT2D eigenvalue weighted by Gasteiger charge is -2.49. The van der Waals surface area contributed by atoms with E-state index in [4.69, 9.17) is 49.8 Å². The Hall–Kier alpha value is -4.49. The number of thiazole rings is 1. The minimum atomic E-state index is -0.632. The summed E-state index contributed by atoms with van der Waals surface area (Å²) < 4.78 is 50.5. The average Bonchev–Trinajstić information content (AvgIpc) is 3.82. The van der Waals surface area contributed by atoms with Gasteiger partial charge in [0.15, 0.2) is 17.4 Å². The molecule has 1 amide bonds. The zero-order valence-corrected chi connectivity index (χ0v) is 31.2. The van der Waals surface area contributed by atoms with Crippen LogP contribution in [-0.4, -0.2) is 114 Å². The van der Waals surface area contributed by atoms with Gasteiger partial charge in [0.1, 0.15) is 35.0 Å². The number of piperazine rings is 1. The molecule has 0 radical (unpaired) electrons. The van der Waals surface area contributed by atoms with Crippen LogP contribution in [0.2, 0.25) is 0 Å². The summed E-state index contributed by atoms with van der Waals surface area (Å²) in [5.41, 5.74) is -0.0541. The molecule has 8 rings (SSSR count). The quantitative estimate of drug-likeness (QED) is 0.148. The maximum absolute atomic E-state index is 15.0. The van der Waals surface area contributed by atoms with E-state index in [0.717, 1.165) is 38.8 Å². The van der Waals surface area contributed by atoms with E-state index >= 15 is 0 Å². The fourth-order valence-corrected chi connectivity index (χ4v) is 8.90. The van der Waals surface area contributed by atoms with E-state index in [9.17, 15) is 9.18 Å². The van der Waals surface area contributed by atoms with Crippen LogP contribution < -0.4 is 19.1 Å². The molecule has 4 aromatic rings. The Morgan fingerprint density at radius 1 is 1.09 bits per heavy atom. The lowest BCUT2D eigenvalue weighted by molar-refractivity contribution is -0.0665. The molecule has 0 saturated carbocycles. The van der Waals surface area contributed by atoms with Crippen molar-refractivity contribution >= 4 is 44.4 Å². The minimum absolute atomic E-state index is 0.00423. The first-order valence-corrected chi connectivity index (χ1v) is 18.8. The Morgan fingerprint density at radius 2 is 1.85 bits per heavy atom. The molecule has 53 heavy (non-hydrogen) atoms. The maximum Gasteiger partial charge on any atom is 0.411 e. The monoisotopic (exact) mass is 746 g/mol. The number of ether oxygens (including phenoxy) is 6. The third kappa shape index (κ3) is 6.89. The summed E-state index contributed by atoms with van der Waals surface area (Å²) in [7, 11) is 1.52. The SMILES string of the molecule is C#Cc1c(F)ccc2cc(OCOC)cc(Oc3nc4c(N5CC6COCC(C5)N6C(=O)OC(C)(C)C)nc(OCC56CCCN5CCC6)nc4s3)c12. The molecule has 2 unspecified atom stereocenters. The number of methoxy groups -OCH3 is 1. The van der Waals surface area contributed by atoms with Crippen molar-refractivity contribution in [1.82, 2.24) is 24.8 Å². The number of carbonyl (C=O) groups is 1. The Kier molecular flexibility index (Phi) is 9.42. The number of anilines is 1. The summed E-state index contributed by atoms with van der Waals surface area (Å²) in [5, 5.41) is 1.29. The third-order valence-electron chi connectivity index (χ3n) is 10.3. The number of rotatable bonds is 9. The first-order chi connectivity index (χ1) is 25.5. The van der Waals surface area contributed by atoms with Crippen molar-refractivity contribution in [3.8, 4) is 35.0 Å². The second-order valence-electron chi connectivity index (χ2n) is 15.0. The number of halogens is 1. The van der Waals surface area contributed by atoms with Crippen LogP contribution in [0.3, 0.4) is 0 Å². The van der Waals surface area contributed by atoms with Crippen LogP contribution in [0, 0.1) is 18.2 Å². The van der Waals surface area contributed by atoms with Crippen molar-refractivity contribution in [2.75, 3.05) is 64.8 Å². The van der Waals surface area contributed by atoms with E-state index in [1.807, 2.05) is 20.8 Å². The fourth-order valence-electron chi connectivity index (χ4n) is 8.11. The lowest BCUT2D eigenvalue weighted by atomic mass is 9.95. The van der Waals surface area contributed by atoms with Gasteiger partial charge in [-0.3, -0.25) is 9.80 Å². The minimum Gasteiger partial charge on any atom is -0.467 e. The molecule has 4 fully saturated rings. The van der Waals surface area contributed by atoms with Gasteiger partial charge in [0.25, 0.3) is 5.19 Å². The standard InChI is InChI=1S/C38H43FN6O7S/c1-6-27-28(39)10-9-23-15-26(50-22-47-5)16-29(30(23)27)51-35-40-31-32(43-17-24-19-48-20-25(18-43)45(24)36(46)52-37(2,3)4)41-34(42-33(31)53-35)49-21-38-11-7-13-44(38)14-8-12-38/h1,9-10,15-16,24-25H,7-8,11-14,17-22H2,2-5H3. The van der Waals surface area contributed by atoms with Crippen LogP contribution in [-0.2, 0) is 14.2 Å². The van der Waals surface area contributed by atoms with Gasteiger partial charge in [-0.25, -0.2) is 9.18 Å². The van der Waals surface area contributed by atoms with Crippen molar-refractivity contribution in [3.63, 3.8) is 0 Å². The molecule has 0 spiro atoms. The molecular formula is C38H43FN6O7S. The molecule has 13 nitrogen and oxygen atoms in total. The Balaban J connectivity index is 1.17. The summed E-state index contributed by atoms with van der Waals surface area (Å²) in [6.45, 7) is 9.81. The van der Waals surface area contributed by atoms with Gasteiger partial charge in [-0.05, 0) is 77.1 Å². The van der Waals surface area contributed by atoms with E-state index in [0.29, 0.717) is 65.6 Å². The number of fused-ring (bicyclic) bond motifs is 5. The van der Waals surface area contributed by atoms with Crippen molar-refractivity contribution in [2.24, 2.45) is 0 Å². The Bertz CT molecular complexity index is 2060. The molecule has 2 bridgehead atoms. The van der Waals surface area contributed by atoms with Gasteiger partial charge in [0.05, 0.1) is 36.4 Å². The van der Waals surface area contributed by atoms with Crippen LogP contribution in [0.25, 0.3) is 21.1 Å². The van der Waals surface area contributed by atoms with Crippen LogP contribution in [0.4, 0.5) is 15.0 Å². The highest BCUT2D eigenvalue weighted by Crippen LogP contribution is 2.43. The number of hydrogen-bond acceptors (Lipinski definition) is 13. The summed E-state index contributed by atoms with van der Waals surface area (Å²) in [6, 6.07) is 6.04. The number of nitrogens with zero attached hydrogens (tertiary/aromatic N) is 6. The molecule has 4 aliphatic rings. The topological polar surface area (TPSA) is 121 Å². The number of aromatic nitrogens is 3. The molecular weight excluding hydrogens is 704 g/mol. The first kappa shape index (κ1) is 35.5. The number of hydrogen-bond donors (Lipinski definition) is 0. The Labute approximate surface area is 311 Å². The van der Waals surface area contributed by atoms with Crippen molar-refractivity contribution in [1.29, 1.82) is 0 Å². The predicted molar refractivity (Wildman–Crippen MR) is 197 cm³/mol. The van der Waals surface area contributed by atoms with E-state index in [-0.39, 0.29) is 53.0 Å².